The molecule has 0 spiro atoms. The van der Waals surface area contributed by atoms with Crippen molar-refractivity contribution in [2.24, 2.45) is 4.99 Å². The van der Waals surface area contributed by atoms with Gasteiger partial charge in [0.15, 0.2) is 5.96 Å². The van der Waals surface area contributed by atoms with Gasteiger partial charge in [-0.05, 0) is 12.8 Å². The molecule has 0 aromatic carbocycles. The van der Waals surface area contributed by atoms with Crippen LogP contribution >= 0.6 is 24.0 Å². The first-order valence-electron chi connectivity index (χ1n) is 6.12. The Morgan fingerprint density at radius 1 is 1.39 bits per heavy atom. The van der Waals surface area contributed by atoms with Crippen LogP contribution in [0, 0.1) is 0 Å². The molecule has 0 unspecified atom stereocenters. The molecule has 104 valence electrons. The molecule has 2 N–H and O–H groups in total. The van der Waals surface area contributed by atoms with E-state index in [0.29, 0.717) is 44.8 Å². The van der Waals surface area contributed by atoms with Crippen molar-refractivity contribution in [3.8, 4) is 0 Å². The molecule has 1 aliphatic heterocycles. The van der Waals surface area contributed by atoms with Crippen molar-refractivity contribution in [1.82, 2.24) is 15.5 Å². The Labute approximate surface area is 125 Å². The molecule has 1 saturated heterocycles. The van der Waals surface area contributed by atoms with Crippen LogP contribution in [0.15, 0.2) is 4.99 Å². The predicted molar refractivity (Wildman–Crippen MR) is 80.3 cm³/mol. The van der Waals surface area contributed by atoms with Crippen LogP contribution in [0.2, 0.25) is 0 Å². The van der Waals surface area contributed by atoms with Crippen LogP contribution < -0.4 is 10.6 Å². The molecule has 0 atom stereocenters. The average Bonchev–Trinajstić information content (AvgIpc) is 3.19. The van der Waals surface area contributed by atoms with Gasteiger partial charge in [-0.15, -0.1) is 24.0 Å². The summed E-state index contributed by atoms with van der Waals surface area (Å²) in [5.74, 6) is 0.821. The van der Waals surface area contributed by atoms with E-state index in [4.69, 9.17) is 4.74 Å². The van der Waals surface area contributed by atoms with Gasteiger partial charge in [-0.3, -0.25) is 9.79 Å². The summed E-state index contributed by atoms with van der Waals surface area (Å²) in [7, 11) is 1.72. The molecular formula is C11H21IN4O2. The Kier molecular flexibility index (Phi) is 6.69. The highest BCUT2D eigenvalue weighted by molar-refractivity contribution is 14.0. The standard InChI is InChI=1S/C11H20N4O2.HI/c1-12-11(14-9-2-3-9)13-8-10(16)15-4-6-17-7-5-15;/h9H,2-8H2,1H3,(H2,12,13,14);1H. The third-order valence-corrected chi connectivity index (χ3v) is 2.91. The Morgan fingerprint density at radius 2 is 2.06 bits per heavy atom. The number of guanidine groups is 1. The molecule has 2 rings (SSSR count). The fourth-order valence-corrected chi connectivity index (χ4v) is 1.70. The van der Waals surface area contributed by atoms with Gasteiger partial charge in [-0.25, -0.2) is 0 Å². The summed E-state index contributed by atoms with van der Waals surface area (Å²) in [6.45, 7) is 2.96. The molecule has 2 aliphatic rings. The first kappa shape index (κ1) is 15.5. The molecule has 0 aromatic rings. The Morgan fingerprint density at radius 3 is 2.61 bits per heavy atom. The third kappa shape index (κ3) is 4.97. The van der Waals surface area contributed by atoms with Gasteiger partial charge < -0.3 is 20.3 Å². The Bertz CT molecular complexity index is 301. The van der Waals surface area contributed by atoms with Gasteiger partial charge in [-0.2, -0.15) is 0 Å². The monoisotopic (exact) mass is 368 g/mol. The van der Waals surface area contributed by atoms with Crippen molar-refractivity contribution in [3.63, 3.8) is 0 Å². The van der Waals surface area contributed by atoms with Crippen LogP contribution in [-0.2, 0) is 9.53 Å². The summed E-state index contributed by atoms with van der Waals surface area (Å²) in [5, 5.41) is 6.29. The van der Waals surface area contributed by atoms with Crippen LogP contribution in [0.3, 0.4) is 0 Å². The number of ether oxygens (including phenoxy) is 1. The zero-order valence-corrected chi connectivity index (χ0v) is 13.0. The summed E-state index contributed by atoms with van der Waals surface area (Å²) in [5.41, 5.74) is 0. The number of hydrogen-bond acceptors (Lipinski definition) is 3. The average molecular weight is 368 g/mol. The normalized spacial score (nSPS) is 20.1. The first-order valence-corrected chi connectivity index (χ1v) is 6.12. The van der Waals surface area contributed by atoms with Crippen molar-refractivity contribution in [3.05, 3.63) is 0 Å². The maximum Gasteiger partial charge on any atom is 0.242 e. The molecule has 0 radical (unpaired) electrons. The Hall–Kier alpha value is -0.570. The van der Waals surface area contributed by atoms with Gasteiger partial charge >= 0.3 is 0 Å². The summed E-state index contributed by atoms with van der Waals surface area (Å²) in [4.78, 5) is 17.7. The molecule has 18 heavy (non-hydrogen) atoms. The second-order valence-corrected chi connectivity index (χ2v) is 4.34. The number of nitrogens with zero attached hydrogens (tertiary/aromatic N) is 2. The zero-order valence-electron chi connectivity index (χ0n) is 10.6. The van der Waals surface area contributed by atoms with Crippen molar-refractivity contribution in [1.29, 1.82) is 0 Å². The second kappa shape index (κ2) is 7.78. The van der Waals surface area contributed by atoms with E-state index < -0.39 is 0 Å². The zero-order chi connectivity index (χ0) is 12.1. The van der Waals surface area contributed by atoms with Gasteiger partial charge in [0, 0.05) is 26.2 Å². The third-order valence-electron chi connectivity index (χ3n) is 2.91. The lowest BCUT2D eigenvalue weighted by Crippen LogP contribution is -2.48. The summed E-state index contributed by atoms with van der Waals surface area (Å²) in [6.07, 6.45) is 2.39. The van der Waals surface area contributed by atoms with Crippen LogP contribution in [-0.4, -0.2) is 62.7 Å². The predicted octanol–water partition coefficient (Wildman–Crippen LogP) is -0.209. The highest BCUT2D eigenvalue weighted by atomic mass is 127. The number of amides is 1. The number of aliphatic imine (C=N–C) groups is 1. The van der Waals surface area contributed by atoms with Gasteiger partial charge in [0.1, 0.15) is 0 Å². The largest absolute Gasteiger partial charge is 0.378 e. The topological polar surface area (TPSA) is 66.0 Å². The van der Waals surface area contributed by atoms with Crippen molar-refractivity contribution in [2.75, 3.05) is 39.9 Å². The number of halogens is 1. The minimum atomic E-state index is 0. The van der Waals surface area contributed by atoms with E-state index >= 15 is 0 Å². The molecule has 1 saturated carbocycles. The maximum atomic E-state index is 11.8. The lowest BCUT2D eigenvalue weighted by molar-refractivity contribution is -0.134. The van der Waals surface area contributed by atoms with E-state index in [0.717, 1.165) is 0 Å². The van der Waals surface area contributed by atoms with Gasteiger partial charge in [-0.1, -0.05) is 0 Å². The minimum Gasteiger partial charge on any atom is -0.378 e. The molecule has 1 aliphatic carbocycles. The minimum absolute atomic E-state index is 0. The van der Waals surface area contributed by atoms with Crippen molar-refractivity contribution >= 4 is 35.8 Å². The lowest BCUT2D eigenvalue weighted by Gasteiger charge is -2.27. The van der Waals surface area contributed by atoms with E-state index in [1.165, 1.54) is 12.8 Å². The van der Waals surface area contributed by atoms with E-state index in [-0.39, 0.29) is 29.9 Å². The van der Waals surface area contributed by atoms with Crippen LogP contribution in [0.1, 0.15) is 12.8 Å². The maximum absolute atomic E-state index is 11.8. The molecule has 0 bridgehead atoms. The molecule has 7 heteroatoms. The van der Waals surface area contributed by atoms with E-state index in [9.17, 15) is 4.79 Å². The number of hydrogen-bond donors (Lipinski definition) is 2. The lowest BCUT2D eigenvalue weighted by atomic mass is 10.4. The molecule has 6 nitrogen and oxygen atoms in total. The summed E-state index contributed by atoms with van der Waals surface area (Å²) in [6, 6.07) is 0.541. The first-order chi connectivity index (χ1) is 8.29. The number of nitrogens with one attached hydrogen (secondary N) is 2. The van der Waals surface area contributed by atoms with Gasteiger partial charge in [0.2, 0.25) is 5.91 Å². The van der Waals surface area contributed by atoms with E-state index in [1.807, 2.05) is 4.90 Å². The number of morpholine rings is 1. The fourth-order valence-electron chi connectivity index (χ4n) is 1.70. The summed E-state index contributed by atoms with van der Waals surface area (Å²) < 4.78 is 5.21. The summed E-state index contributed by atoms with van der Waals surface area (Å²) >= 11 is 0. The van der Waals surface area contributed by atoms with Crippen LogP contribution in [0.4, 0.5) is 0 Å². The molecular weight excluding hydrogens is 347 g/mol. The fraction of sp³-hybridized carbons (Fsp3) is 0.818. The van der Waals surface area contributed by atoms with Crippen molar-refractivity contribution < 1.29 is 9.53 Å². The van der Waals surface area contributed by atoms with E-state index in [2.05, 4.69) is 15.6 Å². The second-order valence-electron chi connectivity index (χ2n) is 4.34. The van der Waals surface area contributed by atoms with Gasteiger partial charge in [0.25, 0.3) is 0 Å². The number of rotatable bonds is 3. The van der Waals surface area contributed by atoms with Crippen molar-refractivity contribution in [2.45, 2.75) is 18.9 Å². The number of carbonyl (C=O) groups is 1. The SMILES string of the molecule is CN=C(NCC(=O)N1CCOCC1)NC1CC1.I. The number of carbonyl (C=O) groups excluding carboxylic acids is 1. The molecule has 1 amide bonds. The Balaban J connectivity index is 0.00000162. The quantitative estimate of drug-likeness (QED) is 0.411. The molecule has 1 heterocycles. The molecule has 0 aromatic heterocycles. The molecule has 2 fully saturated rings. The highest BCUT2D eigenvalue weighted by Crippen LogP contribution is 2.18. The smallest absolute Gasteiger partial charge is 0.242 e. The highest BCUT2D eigenvalue weighted by Gasteiger charge is 2.23. The van der Waals surface area contributed by atoms with Gasteiger partial charge in [0.05, 0.1) is 19.8 Å². The van der Waals surface area contributed by atoms with Crippen LogP contribution in [0.5, 0.6) is 0 Å². The van der Waals surface area contributed by atoms with Crippen LogP contribution in [0.25, 0.3) is 0 Å². The van der Waals surface area contributed by atoms with E-state index in [1.54, 1.807) is 7.05 Å².